The van der Waals surface area contributed by atoms with Gasteiger partial charge in [0.1, 0.15) is 5.75 Å². The lowest BCUT2D eigenvalue weighted by molar-refractivity contribution is -0.385. The second-order valence-electron chi connectivity index (χ2n) is 3.13. The summed E-state index contributed by atoms with van der Waals surface area (Å²) in [6, 6.07) is 2.63. The Kier molecular flexibility index (Phi) is 3.56. The van der Waals surface area contributed by atoms with Crippen LogP contribution >= 0.6 is 0 Å². The highest BCUT2D eigenvalue weighted by Crippen LogP contribution is 2.38. The molecular formula is C9H8F3NO4. The number of non-ortho nitro benzene ring substituents is 1. The molecule has 0 aliphatic carbocycles. The molecule has 1 rings (SSSR count). The number of aliphatic hydroxyl groups excluding tert-OH is 1. The molecule has 1 aromatic carbocycles. The van der Waals surface area contributed by atoms with Crippen molar-refractivity contribution in [2.45, 2.75) is 12.3 Å². The maximum Gasteiger partial charge on any atom is 0.418 e. The second-order valence-corrected chi connectivity index (χ2v) is 3.13. The van der Waals surface area contributed by atoms with Gasteiger partial charge in [0, 0.05) is 17.7 Å². The number of hydrogen-bond donors (Lipinski definition) is 1. The zero-order valence-corrected chi connectivity index (χ0v) is 8.56. The van der Waals surface area contributed by atoms with Gasteiger partial charge in [-0.25, -0.2) is 0 Å². The summed E-state index contributed by atoms with van der Waals surface area (Å²) in [4.78, 5) is 9.57. The first-order valence-electron chi connectivity index (χ1n) is 4.34. The van der Waals surface area contributed by atoms with Crippen LogP contribution in [0.1, 0.15) is 11.7 Å². The Labute approximate surface area is 93.6 Å². The molecule has 1 atom stereocenters. The third kappa shape index (κ3) is 2.84. The van der Waals surface area contributed by atoms with Gasteiger partial charge in [-0.2, -0.15) is 13.2 Å². The van der Waals surface area contributed by atoms with Gasteiger partial charge in [-0.15, -0.1) is 0 Å². The van der Waals surface area contributed by atoms with Crippen molar-refractivity contribution in [3.05, 3.63) is 33.9 Å². The molecule has 17 heavy (non-hydrogen) atoms. The number of aliphatic hydroxyl groups is 1. The maximum atomic E-state index is 12.3. The summed E-state index contributed by atoms with van der Waals surface area (Å²) in [7, 11) is 1.10. The Bertz CT molecular complexity index is 433. The van der Waals surface area contributed by atoms with E-state index in [1.165, 1.54) is 0 Å². The van der Waals surface area contributed by atoms with Crippen molar-refractivity contribution in [3.63, 3.8) is 0 Å². The number of hydrogen-bond acceptors (Lipinski definition) is 4. The van der Waals surface area contributed by atoms with E-state index in [1.54, 1.807) is 0 Å². The number of benzene rings is 1. The highest BCUT2D eigenvalue weighted by Gasteiger charge is 2.41. The third-order valence-electron chi connectivity index (χ3n) is 2.03. The standard InChI is InChI=1S/C9H8F3NO4/c1-17-7-3-2-5(13(15)16)4-6(7)8(14)9(10,11)12/h2-4,8,14H,1H3/t8-/m0/s1. The molecule has 0 heterocycles. The van der Waals surface area contributed by atoms with Gasteiger partial charge >= 0.3 is 6.18 Å². The fourth-order valence-corrected chi connectivity index (χ4v) is 1.23. The minimum atomic E-state index is -4.91. The van der Waals surface area contributed by atoms with Crippen LogP contribution in [0.15, 0.2) is 18.2 Å². The summed E-state index contributed by atoms with van der Waals surface area (Å²) in [5.41, 5.74) is -1.24. The van der Waals surface area contributed by atoms with Gasteiger partial charge in [-0.05, 0) is 6.07 Å². The predicted molar refractivity (Wildman–Crippen MR) is 50.7 cm³/mol. The summed E-state index contributed by atoms with van der Waals surface area (Å²) < 4.78 is 41.5. The van der Waals surface area contributed by atoms with Crippen LogP contribution in [0.3, 0.4) is 0 Å². The molecule has 0 fully saturated rings. The van der Waals surface area contributed by atoms with Crippen molar-refractivity contribution in [1.82, 2.24) is 0 Å². The van der Waals surface area contributed by atoms with E-state index >= 15 is 0 Å². The minimum Gasteiger partial charge on any atom is -0.496 e. The van der Waals surface area contributed by atoms with E-state index in [1.807, 2.05) is 0 Å². The predicted octanol–water partition coefficient (Wildman–Crippen LogP) is 2.20. The number of nitrogens with zero attached hydrogens (tertiary/aromatic N) is 1. The van der Waals surface area contributed by atoms with E-state index in [0.717, 1.165) is 19.2 Å². The van der Waals surface area contributed by atoms with Crippen LogP contribution in [0.25, 0.3) is 0 Å². The molecule has 5 nitrogen and oxygen atoms in total. The maximum absolute atomic E-state index is 12.3. The largest absolute Gasteiger partial charge is 0.496 e. The number of halogens is 3. The molecule has 1 aromatic rings. The van der Waals surface area contributed by atoms with Crippen LogP contribution in [-0.4, -0.2) is 23.3 Å². The summed E-state index contributed by atoms with van der Waals surface area (Å²) >= 11 is 0. The van der Waals surface area contributed by atoms with Crippen LogP contribution in [0.5, 0.6) is 5.75 Å². The van der Waals surface area contributed by atoms with Crippen molar-refractivity contribution in [2.24, 2.45) is 0 Å². The van der Waals surface area contributed by atoms with Crippen molar-refractivity contribution in [1.29, 1.82) is 0 Å². The Hall–Kier alpha value is -1.83. The summed E-state index contributed by atoms with van der Waals surface area (Å²) in [5, 5.41) is 19.5. The first kappa shape index (κ1) is 13.2. The second kappa shape index (κ2) is 4.58. The zero-order chi connectivity index (χ0) is 13.2. The molecule has 8 heteroatoms. The van der Waals surface area contributed by atoms with Crippen LogP contribution in [0.4, 0.5) is 18.9 Å². The highest BCUT2D eigenvalue weighted by atomic mass is 19.4. The van der Waals surface area contributed by atoms with Crippen molar-refractivity contribution >= 4 is 5.69 Å². The van der Waals surface area contributed by atoms with E-state index < -0.39 is 28.5 Å². The number of ether oxygens (including phenoxy) is 1. The lowest BCUT2D eigenvalue weighted by Gasteiger charge is -2.17. The number of methoxy groups -OCH3 is 1. The number of alkyl halides is 3. The molecule has 0 aliphatic heterocycles. The van der Waals surface area contributed by atoms with E-state index in [0.29, 0.717) is 6.07 Å². The lowest BCUT2D eigenvalue weighted by atomic mass is 10.1. The Morgan fingerprint density at radius 1 is 1.47 bits per heavy atom. The van der Waals surface area contributed by atoms with E-state index in [-0.39, 0.29) is 5.75 Å². The monoisotopic (exact) mass is 251 g/mol. The van der Waals surface area contributed by atoms with Crippen LogP contribution in [-0.2, 0) is 0 Å². The third-order valence-corrected chi connectivity index (χ3v) is 2.03. The first-order valence-corrected chi connectivity index (χ1v) is 4.34. The molecule has 1 N–H and O–H groups in total. The smallest absolute Gasteiger partial charge is 0.418 e. The quantitative estimate of drug-likeness (QED) is 0.660. The Balaban J connectivity index is 3.28. The van der Waals surface area contributed by atoms with Gasteiger partial charge in [0.15, 0.2) is 6.10 Å². The molecule has 0 bridgehead atoms. The molecule has 94 valence electrons. The SMILES string of the molecule is COc1ccc([N+](=O)[O-])cc1[C@H](O)C(F)(F)F. The molecule has 0 aliphatic rings. The van der Waals surface area contributed by atoms with Crippen molar-refractivity contribution in [2.75, 3.05) is 7.11 Å². The number of rotatable bonds is 3. The van der Waals surface area contributed by atoms with Crippen LogP contribution < -0.4 is 4.74 Å². The van der Waals surface area contributed by atoms with Gasteiger partial charge < -0.3 is 9.84 Å². The van der Waals surface area contributed by atoms with Gasteiger partial charge in [-0.3, -0.25) is 10.1 Å². The van der Waals surface area contributed by atoms with E-state index in [2.05, 4.69) is 4.74 Å². The Morgan fingerprint density at radius 3 is 2.47 bits per heavy atom. The number of nitro groups is 1. The fraction of sp³-hybridized carbons (Fsp3) is 0.333. The minimum absolute atomic E-state index is 0.263. The first-order chi connectivity index (χ1) is 7.77. The van der Waals surface area contributed by atoms with E-state index in [9.17, 15) is 23.3 Å². The van der Waals surface area contributed by atoms with Gasteiger partial charge in [-0.1, -0.05) is 0 Å². The molecule has 0 amide bonds. The van der Waals surface area contributed by atoms with Gasteiger partial charge in [0.2, 0.25) is 0 Å². The molecule has 0 spiro atoms. The Morgan fingerprint density at radius 2 is 2.06 bits per heavy atom. The molecule has 0 saturated heterocycles. The van der Waals surface area contributed by atoms with Gasteiger partial charge in [0.05, 0.1) is 12.0 Å². The highest BCUT2D eigenvalue weighted by molar-refractivity contribution is 5.45. The topological polar surface area (TPSA) is 72.6 Å². The summed E-state index contributed by atoms with van der Waals surface area (Å²) in [6.07, 6.45) is -7.74. The normalized spacial score (nSPS) is 13.2. The average molecular weight is 251 g/mol. The van der Waals surface area contributed by atoms with Crippen LogP contribution in [0.2, 0.25) is 0 Å². The molecule has 0 radical (unpaired) electrons. The average Bonchev–Trinajstić information content (AvgIpc) is 2.25. The molecule has 0 aromatic heterocycles. The number of nitro benzene ring substituents is 1. The zero-order valence-electron chi connectivity index (χ0n) is 8.56. The summed E-state index contributed by atoms with van der Waals surface area (Å²) in [5.74, 6) is -0.263. The molecule has 0 unspecified atom stereocenters. The molecular weight excluding hydrogens is 243 g/mol. The van der Waals surface area contributed by atoms with Crippen LogP contribution in [0, 0.1) is 10.1 Å². The van der Waals surface area contributed by atoms with Gasteiger partial charge in [0.25, 0.3) is 5.69 Å². The fourth-order valence-electron chi connectivity index (χ4n) is 1.23. The van der Waals surface area contributed by atoms with Crippen molar-refractivity contribution < 1.29 is 27.9 Å². The van der Waals surface area contributed by atoms with E-state index in [4.69, 9.17) is 5.11 Å². The molecule has 0 saturated carbocycles. The lowest BCUT2D eigenvalue weighted by Crippen LogP contribution is -2.20. The van der Waals surface area contributed by atoms with Crippen molar-refractivity contribution in [3.8, 4) is 5.75 Å². The summed E-state index contributed by atoms with van der Waals surface area (Å²) in [6.45, 7) is 0.